The van der Waals surface area contributed by atoms with E-state index in [0.717, 1.165) is 44.2 Å². The standard InChI is InChI=1S/C15H22N2O2/c1-3-16-6-8-17(9-7-16)14-12(2)4-5-13-15(14)19-11-10-18-13/h4-5H,3,6-11H2,1-2H3. The third kappa shape index (κ3) is 2.37. The molecule has 2 heterocycles. The average molecular weight is 262 g/mol. The van der Waals surface area contributed by atoms with Crippen LogP contribution in [0.15, 0.2) is 12.1 Å². The lowest BCUT2D eigenvalue weighted by atomic mass is 10.1. The van der Waals surface area contributed by atoms with E-state index in [1.54, 1.807) is 0 Å². The fourth-order valence-electron chi connectivity index (χ4n) is 2.88. The number of anilines is 1. The molecule has 4 nitrogen and oxygen atoms in total. The zero-order valence-electron chi connectivity index (χ0n) is 11.8. The van der Waals surface area contributed by atoms with Gasteiger partial charge >= 0.3 is 0 Å². The van der Waals surface area contributed by atoms with E-state index in [1.165, 1.54) is 11.3 Å². The normalized spacial score (nSPS) is 19.6. The van der Waals surface area contributed by atoms with Gasteiger partial charge in [0.15, 0.2) is 11.5 Å². The first kappa shape index (κ1) is 12.6. The topological polar surface area (TPSA) is 24.9 Å². The maximum Gasteiger partial charge on any atom is 0.184 e. The molecule has 0 spiro atoms. The van der Waals surface area contributed by atoms with Gasteiger partial charge in [0, 0.05) is 26.2 Å². The summed E-state index contributed by atoms with van der Waals surface area (Å²) in [5.74, 6) is 1.83. The Kier molecular flexibility index (Phi) is 3.51. The Balaban J connectivity index is 1.88. The first-order valence-electron chi connectivity index (χ1n) is 7.16. The molecular formula is C15H22N2O2. The molecule has 1 aromatic carbocycles. The van der Waals surface area contributed by atoms with E-state index in [0.29, 0.717) is 13.2 Å². The van der Waals surface area contributed by atoms with Gasteiger partial charge in [0.25, 0.3) is 0 Å². The van der Waals surface area contributed by atoms with E-state index < -0.39 is 0 Å². The Labute approximate surface area is 114 Å². The van der Waals surface area contributed by atoms with Crippen LogP contribution >= 0.6 is 0 Å². The van der Waals surface area contributed by atoms with E-state index in [2.05, 4.69) is 29.7 Å². The van der Waals surface area contributed by atoms with Gasteiger partial charge in [-0.1, -0.05) is 13.0 Å². The van der Waals surface area contributed by atoms with Crippen molar-refractivity contribution in [2.75, 3.05) is 50.8 Å². The summed E-state index contributed by atoms with van der Waals surface area (Å²) in [4.78, 5) is 4.92. The summed E-state index contributed by atoms with van der Waals surface area (Å²) < 4.78 is 11.6. The molecule has 3 rings (SSSR count). The summed E-state index contributed by atoms with van der Waals surface area (Å²) in [7, 11) is 0. The van der Waals surface area contributed by atoms with Gasteiger partial charge in [-0.2, -0.15) is 0 Å². The molecule has 0 aliphatic carbocycles. The number of hydrogen-bond donors (Lipinski definition) is 0. The first-order valence-corrected chi connectivity index (χ1v) is 7.16. The second-order valence-corrected chi connectivity index (χ2v) is 5.18. The Morgan fingerprint density at radius 3 is 2.53 bits per heavy atom. The molecule has 2 aliphatic heterocycles. The lowest BCUT2D eigenvalue weighted by Gasteiger charge is -2.37. The molecule has 0 bridgehead atoms. The monoisotopic (exact) mass is 262 g/mol. The molecule has 0 N–H and O–H groups in total. The Bertz CT molecular complexity index is 454. The summed E-state index contributed by atoms with van der Waals surface area (Å²) in [6.07, 6.45) is 0. The van der Waals surface area contributed by atoms with Crippen molar-refractivity contribution in [1.82, 2.24) is 4.90 Å². The van der Waals surface area contributed by atoms with Gasteiger partial charge in [-0.25, -0.2) is 0 Å². The van der Waals surface area contributed by atoms with Crippen LogP contribution < -0.4 is 14.4 Å². The highest BCUT2D eigenvalue weighted by molar-refractivity contribution is 5.69. The smallest absolute Gasteiger partial charge is 0.184 e. The largest absolute Gasteiger partial charge is 0.486 e. The highest BCUT2D eigenvalue weighted by Gasteiger charge is 2.24. The molecular weight excluding hydrogens is 240 g/mol. The average Bonchev–Trinajstić information content (AvgIpc) is 2.47. The predicted molar refractivity (Wildman–Crippen MR) is 76.5 cm³/mol. The molecule has 0 radical (unpaired) electrons. The minimum absolute atomic E-state index is 0.651. The number of rotatable bonds is 2. The van der Waals surface area contributed by atoms with Crippen molar-refractivity contribution in [2.45, 2.75) is 13.8 Å². The van der Waals surface area contributed by atoms with Crippen LogP contribution in [0.2, 0.25) is 0 Å². The molecule has 2 aliphatic rings. The van der Waals surface area contributed by atoms with Crippen LogP contribution in [-0.4, -0.2) is 50.8 Å². The maximum atomic E-state index is 5.86. The van der Waals surface area contributed by atoms with Crippen LogP contribution in [0, 0.1) is 6.92 Å². The molecule has 0 aromatic heterocycles. The summed E-state index contributed by atoms with van der Waals surface area (Å²) >= 11 is 0. The van der Waals surface area contributed by atoms with E-state index >= 15 is 0 Å². The molecule has 1 aromatic rings. The number of hydrogen-bond acceptors (Lipinski definition) is 4. The number of aryl methyl sites for hydroxylation is 1. The quantitative estimate of drug-likeness (QED) is 0.813. The molecule has 1 saturated heterocycles. The molecule has 0 atom stereocenters. The second kappa shape index (κ2) is 5.29. The third-order valence-electron chi connectivity index (χ3n) is 4.02. The first-order chi connectivity index (χ1) is 9.29. The SMILES string of the molecule is CCN1CCN(c2c(C)ccc3c2OCCO3)CC1. The van der Waals surface area contributed by atoms with E-state index in [4.69, 9.17) is 9.47 Å². The van der Waals surface area contributed by atoms with E-state index in [-0.39, 0.29) is 0 Å². The van der Waals surface area contributed by atoms with Crippen molar-refractivity contribution in [2.24, 2.45) is 0 Å². The number of piperazine rings is 1. The fraction of sp³-hybridized carbons (Fsp3) is 0.600. The van der Waals surface area contributed by atoms with Gasteiger partial charge < -0.3 is 19.3 Å². The molecule has 4 heteroatoms. The van der Waals surface area contributed by atoms with Crippen LogP contribution in [0.4, 0.5) is 5.69 Å². The zero-order valence-corrected chi connectivity index (χ0v) is 11.8. The maximum absolute atomic E-state index is 5.86. The minimum atomic E-state index is 0.651. The van der Waals surface area contributed by atoms with Crippen LogP contribution in [0.5, 0.6) is 11.5 Å². The van der Waals surface area contributed by atoms with Gasteiger partial charge in [-0.3, -0.25) is 0 Å². The highest BCUT2D eigenvalue weighted by Crippen LogP contribution is 2.42. The molecule has 104 valence electrons. The number of likely N-dealkylation sites (N-methyl/N-ethyl adjacent to an activating group) is 1. The summed E-state index contributed by atoms with van der Waals surface area (Å²) in [6.45, 7) is 11.2. The number of ether oxygens (including phenoxy) is 2. The third-order valence-corrected chi connectivity index (χ3v) is 4.02. The Morgan fingerprint density at radius 2 is 1.79 bits per heavy atom. The van der Waals surface area contributed by atoms with Gasteiger partial charge in [-0.05, 0) is 25.1 Å². The molecule has 19 heavy (non-hydrogen) atoms. The fourth-order valence-corrected chi connectivity index (χ4v) is 2.88. The number of benzene rings is 1. The van der Waals surface area contributed by atoms with Crippen molar-refractivity contribution in [3.8, 4) is 11.5 Å². The van der Waals surface area contributed by atoms with Crippen molar-refractivity contribution < 1.29 is 9.47 Å². The van der Waals surface area contributed by atoms with Crippen molar-refractivity contribution >= 4 is 5.69 Å². The number of nitrogens with zero attached hydrogens (tertiary/aromatic N) is 2. The second-order valence-electron chi connectivity index (χ2n) is 5.18. The minimum Gasteiger partial charge on any atom is -0.486 e. The van der Waals surface area contributed by atoms with Crippen LogP contribution in [0.3, 0.4) is 0 Å². The van der Waals surface area contributed by atoms with Gasteiger partial charge in [-0.15, -0.1) is 0 Å². The summed E-state index contributed by atoms with van der Waals surface area (Å²) in [5.41, 5.74) is 2.50. The van der Waals surface area contributed by atoms with Gasteiger partial charge in [0.1, 0.15) is 13.2 Å². The van der Waals surface area contributed by atoms with Gasteiger partial charge in [0.05, 0.1) is 5.69 Å². The Hall–Kier alpha value is -1.42. The van der Waals surface area contributed by atoms with Crippen molar-refractivity contribution in [3.63, 3.8) is 0 Å². The Morgan fingerprint density at radius 1 is 1.05 bits per heavy atom. The molecule has 0 amide bonds. The van der Waals surface area contributed by atoms with Crippen LogP contribution in [0.25, 0.3) is 0 Å². The molecule has 0 saturated carbocycles. The summed E-state index contributed by atoms with van der Waals surface area (Å²) in [5, 5.41) is 0. The van der Waals surface area contributed by atoms with Gasteiger partial charge in [0.2, 0.25) is 0 Å². The highest BCUT2D eigenvalue weighted by atomic mass is 16.6. The van der Waals surface area contributed by atoms with Crippen LogP contribution in [-0.2, 0) is 0 Å². The lowest BCUT2D eigenvalue weighted by molar-refractivity contribution is 0.171. The van der Waals surface area contributed by atoms with E-state index in [9.17, 15) is 0 Å². The lowest BCUT2D eigenvalue weighted by Crippen LogP contribution is -2.46. The number of fused-ring (bicyclic) bond motifs is 1. The van der Waals surface area contributed by atoms with Crippen molar-refractivity contribution in [3.05, 3.63) is 17.7 Å². The zero-order chi connectivity index (χ0) is 13.2. The summed E-state index contributed by atoms with van der Waals surface area (Å²) in [6, 6.07) is 4.16. The van der Waals surface area contributed by atoms with E-state index in [1.807, 2.05) is 6.07 Å². The van der Waals surface area contributed by atoms with Crippen LogP contribution in [0.1, 0.15) is 12.5 Å². The molecule has 0 unspecified atom stereocenters. The molecule has 1 fully saturated rings. The van der Waals surface area contributed by atoms with Crippen molar-refractivity contribution in [1.29, 1.82) is 0 Å². The predicted octanol–water partition coefficient (Wildman–Crippen LogP) is 1.91.